The van der Waals surface area contributed by atoms with E-state index in [-0.39, 0.29) is 5.41 Å². The van der Waals surface area contributed by atoms with Crippen LogP contribution in [0.1, 0.15) is 72.9 Å². The monoisotopic (exact) mass is 398 g/mol. The molecule has 1 aliphatic rings. The molecule has 0 radical (unpaired) electrons. The van der Waals surface area contributed by atoms with Crippen molar-refractivity contribution in [3.63, 3.8) is 0 Å². The summed E-state index contributed by atoms with van der Waals surface area (Å²) in [5, 5.41) is 5.41. The third kappa shape index (κ3) is 4.01. The minimum atomic E-state index is 0.0495. The molecule has 4 aromatic carbocycles. The third-order valence-electron chi connectivity index (χ3n) is 5.44. The van der Waals surface area contributed by atoms with Crippen LogP contribution >= 0.6 is 0 Å². The SMILES string of the molecule is CC.CC.CC1(C)c2ccccc2-c2ccc3c(ccc4ccccc43)c21.CCC. The topological polar surface area (TPSA) is 0 Å². The minimum absolute atomic E-state index is 0.0495. The van der Waals surface area contributed by atoms with E-state index >= 15 is 0 Å². The molecule has 0 nitrogen and oxygen atoms in total. The summed E-state index contributed by atoms with van der Waals surface area (Å²) >= 11 is 0. The Hall–Kier alpha value is -2.60. The molecule has 0 heterocycles. The lowest BCUT2D eigenvalue weighted by Gasteiger charge is -2.23. The summed E-state index contributed by atoms with van der Waals surface area (Å²) in [6.45, 7) is 17.0. The first kappa shape index (κ1) is 23.7. The van der Waals surface area contributed by atoms with Gasteiger partial charge in [-0.25, -0.2) is 0 Å². The van der Waals surface area contributed by atoms with Gasteiger partial charge in [0.2, 0.25) is 0 Å². The summed E-state index contributed by atoms with van der Waals surface area (Å²) in [4.78, 5) is 0. The van der Waals surface area contributed by atoms with Crippen molar-refractivity contribution in [1.29, 1.82) is 0 Å². The highest BCUT2D eigenvalue weighted by molar-refractivity contribution is 6.11. The van der Waals surface area contributed by atoms with E-state index in [9.17, 15) is 0 Å². The first-order chi connectivity index (χ1) is 14.6. The summed E-state index contributed by atoms with van der Waals surface area (Å²) < 4.78 is 0. The molecular weight excluding hydrogens is 360 g/mol. The molecule has 0 N–H and O–H groups in total. The zero-order chi connectivity index (χ0) is 22.3. The van der Waals surface area contributed by atoms with Crippen LogP contribution in [0.4, 0.5) is 0 Å². The zero-order valence-corrected chi connectivity index (χ0v) is 20.1. The first-order valence-electron chi connectivity index (χ1n) is 11.6. The second-order valence-electron chi connectivity index (χ2n) is 7.75. The predicted molar refractivity (Wildman–Crippen MR) is 138 cm³/mol. The maximum absolute atomic E-state index is 2.35. The van der Waals surface area contributed by atoms with E-state index in [0.29, 0.717) is 0 Å². The highest BCUT2D eigenvalue weighted by atomic mass is 14.4. The molecule has 0 aliphatic heterocycles. The molecule has 158 valence electrons. The van der Waals surface area contributed by atoms with Crippen LogP contribution in [0.15, 0.2) is 72.8 Å². The van der Waals surface area contributed by atoms with Crippen LogP contribution in [0.5, 0.6) is 0 Å². The molecule has 30 heavy (non-hydrogen) atoms. The summed E-state index contributed by atoms with van der Waals surface area (Å²) in [5.74, 6) is 0. The maximum Gasteiger partial charge on any atom is 0.0165 e. The Morgan fingerprint density at radius 3 is 1.83 bits per heavy atom. The Morgan fingerprint density at radius 2 is 1.13 bits per heavy atom. The lowest BCUT2D eigenvalue weighted by atomic mass is 9.80. The van der Waals surface area contributed by atoms with Gasteiger partial charge in [-0.05, 0) is 43.8 Å². The Balaban J connectivity index is 0.000000414. The Kier molecular flexibility index (Phi) is 8.24. The summed E-state index contributed by atoms with van der Waals surface area (Å²) in [6, 6.07) is 26.7. The van der Waals surface area contributed by atoms with Gasteiger partial charge < -0.3 is 0 Å². The first-order valence-corrected chi connectivity index (χ1v) is 11.6. The van der Waals surface area contributed by atoms with E-state index in [0.717, 1.165) is 0 Å². The number of benzene rings is 4. The van der Waals surface area contributed by atoms with E-state index in [4.69, 9.17) is 0 Å². The Morgan fingerprint density at radius 1 is 0.567 bits per heavy atom. The highest BCUT2D eigenvalue weighted by Gasteiger charge is 2.36. The zero-order valence-electron chi connectivity index (χ0n) is 20.1. The van der Waals surface area contributed by atoms with E-state index in [1.807, 2.05) is 27.7 Å². The molecule has 0 fully saturated rings. The van der Waals surface area contributed by atoms with Gasteiger partial charge in [-0.15, -0.1) is 0 Å². The fourth-order valence-corrected chi connectivity index (χ4v) is 4.38. The number of rotatable bonds is 0. The fraction of sp³-hybridized carbons (Fsp3) is 0.333. The van der Waals surface area contributed by atoms with Gasteiger partial charge in [-0.1, -0.05) is 135 Å². The van der Waals surface area contributed by atoms with Crippen molar-refractivity contribution in [1.82, 2.24) is 0 Å². The summed E-state index contributed by atoms with van der Waals surface area (Å²) in [6.07, 6.45) is 1.25. The van der Waals surface area contributed by atoms with Gasteiger partial charge in [-0.3, -0.25) is 0 Å². The van der Waals surface area contributed by atoms with E-state index in [2.05, 4.69) is 100 Å². The van der Waals surface area contributed by atoms with Gasteiger partial charge >= 0.3 is 0 Å². The molecule has 0 unspecified atom stereocenters. The molecule has 0 spiro atoms. The lowest BCUT2D eigenvalue weighted by Crippen LogP contribution is -2.15. The Bertz CT molecular complexity index is 1100. The normalized spacial score (nSPS) is 12.4. The van der Waals surface area contributed by atoms with Gasteiger partial charge in [0.1, 0.15) is 0 Å². The van der Waals surface area contributed by atoms with E-state index in [1.165, 1.54) is 50.2 Å². The fourth-order valence-electron chi connectivity index (χ4n) is 4.38. The van der Waals surface area contributed by atoms with Gasteiger partial charge in [0.15, 0.2) is 0 Å². The minimum Gasteiger partial charge on any atom is -0.0683 e. The average molecular weight is 399 g/mol. The van der Waals surface area contributed by atoms with Crippen LogP contribution in [-0.2, 0) is 5.41 Å². The average Bonchev–Trinajstić information content (AvgIpc) is 3.04. The summed E-state index contributed by atoms with van der Waals surface area (Å²) in [7, 11) is 0. The quantitative estimate of drug-likeness (QED) is 0.258. The van der Waals surface area contributed by atoms with Crippen molar-refractivity contribution < 1.29 is 0 Å². The van der Waals surface area contributed by atoms with Crippen molar-refractivity contribution in [3.8, 4) is 11.1 Å². The maximum atomic E-state index is 2.35. The molecular formula is C30H38. The van der Waals surface area contributed by atoms with Crippen LogP contribution < -0.4 is 0 Å². The molecule has 0 atom stereocenters. The molecule has 0 aromatic heterocycles. The molecule has 0 bridgehead atoms. The Labute approximate surface area is 184 Å². The third-order valence-corrected chi connectivity index (χ3v) is 5.44. The van der Waals surface area contributed by atoms with Crippen LogP contribution in [0.3, 0.4) is 0 Å². The number of hydrogen-bond donors (Lipinski definition) is 0. The molecule has 0 saturated heterocycles. The van der Waals surface area contributed by atoms with Gasteiger partial charge in [0, 0.05) is 5.41 Å². The smallest absolute Gasteiger partial charge is 0.0165 e. The van der Waals surface area contributed by atoms with Crippen LogP contribution in [0.2, 0.25) is 0 Å². The molecule has 4 aromatic rings. The van der Waals surface area contributed by atoms with Crippen LogP contribution in [-0.4, -0.2) is 0 Å². The molecule has 0 saturated carbocycles. The van der Waals surface area contributed by atoms with E-state index < -0.39 is 0 Å². The van der Waals surface area contributed by atoms with Crippen molar-refractivity contribution in [2.24, 2.45) is 0 Å². The van der Waals surface area contributed by atoms with Gasteiger partial charge in [-0.2, -0.15) is 0 Å². The predicted octanol–water partition coefficient (Wildman–Crippen LogP) is 9.77. The molecule has 0 heteroatoms. The highest BCUT2D eigenvalue weighted by Crippen LogP contribution is 2.51. The second kappa shape index (κ2) is 10.4. The van der Waals surface area contributed by atoms with Crippen molar-refractivity contribution in [2.75, 3.05) is 0 Å². The van der Waals surface area contributed by atoms with E-state index in [1.54, 1.807) is 0 Å². The lowest BCUT2D eigenvalue weighted by molar-refractivity contribution is 0.666. The van der Waals surface area contributed by atoms with Gasteiger partial charge in [0.25, 0.3) is 0 Å². The number of fused-ring (bicyclic) bond motifs is 7. The van der Waals surface area contributed by atoms with Crippen molar-refractivity contribution >= 4 is 21.5 Å². The van der Waals surface area contributed by atoms with Crippen LogP contribution in [0.25, 0.3) is 32.7 Å². The number of hydrogen-bond acceptors (Lipinski definition) is 0. The molecule has 5 rings (SSSR count). The standard InChI is InChI=1S/C23H18.C3H8.2C2H6/c1-23(2)21-10-6-5-9-18(21)20-14-13-17-16-8-4-3-7-15(16)11-12-19(17)22(20)23;1-3-2;2*1-2/h3-14H,1-2H3;3H2,1-2H3;2*1-2H3. The summed E-state index contributed by atoms with van der Waals surface area (Å²) in [5.41, 5.74) is 5.75. The largest absolute Gasteiger partial charge is 0.0683 e. The van der Waals surface area contributed by atoms with Crippen LogP contribution in [0, 0.1) is 0 Å². The molecule has 0 amide bonds. The second-order valence-corrected chi connectivity index (χ2v) is 7.75. The molecule has 1 aliphatic carbocycles. The van der Waals surface area contributed by atoms with Crippen molar-refractivity contribution in [2.45, 2.75) is 67.2 Å². The van der Waals surface area contributed by atoms with Gasteiger partial charge in [0.05, 0.1) is 0 Å². The van der Waals surface area contributed by atoms with Crippen molar-refractivity contribution in [3.05, 3.63) is 83.9 Å².